The van der Waals surface area contributed by atoms with Crippen molar-refractivity contribution in [1.82, 2.24) is 24.7 Å². The van der Waals surface area contributed by atoms with E-state index in [1.54, 1.807) is 36.1 Å². The number of benzene rings is 4. The van der Waals surface area contributed by atoms with Crippen LogP contribution in [-0.2, 0) is 46.4 Å². The van der Waals surface area contributed by atoms with Crippen molar-refractivity contribution >= 4 is 124 Å². The molecule has 0 bridgehead atoms. The number of rotatable bonds is 15. The van der Waals surface area contributed by atoms with Crippen LogP contribution in [0, 0.1) is 24.3 Å². The predicted molar refractivity (Wildman–Crippen MR) is 300 cm³/mol. The number of hydrogen-bond donors (Lipinski definition) is 1. The van der Waals surface area contributed by atoms with Crippen molar-refractivity contribution in [3.8, 4) is 11.2 Å². The summed E-state index contributed by atoms with van der Waals surface area (Å²) in [5.41, 5.74) is 4.02. The second-order valence-corrected chi connectivity index (χ2v) is 27.2. The predicted octanol–water partition coefficient (Wildman–Crippen LogP) is -0.389. The third-order valence-corrected chi connectivity index (χ3v) is 16.9. The minimum absolute atomic E-state index is 0. The molecule has 8 rings (SSSR count). The fraction of sp³-hybridized carbons (Fsp3) is 0.327. The van der Waals surface area contributed by atoms with Crippen LogP contribution < -0.4 is 85.7 Å². The maximum atomic E-state index is 12.8. The minimum Gasteiger partial charge on any atom is -0.744 e. The van der Waals surface area contributed by atoms with Gasteiger partial charge >= 0.3 is 86.1 Å². The largest absolute Gasteiger partial charge is 1.00 e. The summed E-state index contributed by atoms with van der Waals surface area (Å²) in [6, 6.07) is 21.4. The monoisotopic (exact) mass is 1230 g/mol. The number of anilines is 5. The molecule has 0 amide bonds. The molecule has 0 atom stereocenters. The van der Waals surface area contributed by atoms with Gasteiger partial charge in [-0.2, -0.15) is 44.6 Å². The second-order valence-electron chi connectivity index (χ2n) is 20.6. The van der Waals surface area contributed by atoms with Gasteiger partial charge in [-0.25, -0.2) is 40.2 Å². The van der Waals surface area contributed by atoms with E-state index in [9.17, 15) is 44.2 Å². The van der Waals surface area contributed by atoms with Gasteiger partial charge in [0.05, 0.1) is 36.3 Å². The van der Waals surface area contributed by atoms with Gasteiger partial charge in [0.2, 0.25) is 0 Å². The zero-order chi connectivity index (χ0) is 59.3. The van der Waals surface area contributed by atoms with Gasteiger partial charge in [-0.05, 0) is 112 Å². The zero-order valence-corrected chi connectivity index (χ0v) is 53.9. The van der Waals surface area contributed by atoms with E-state index in [0.717, 1.165) is 22.1 Å². The van der Waals surface area contributed by atoms with Gasteiger partial charge < -0.3 is 19.0 Å². The van der Waals surface area contributed by atoms with Gasteiger partial charge in [0, 0.05) is 11.1 Å². The van der Waals surface area contributed by atoms with Crippen LogP contribution in [0.1, 0.15) is 139 Å². The minimum atomic E-state index is -4.99. The van der Waals surface area contributed by atoms with Crippen LogP contribution in [0.2, 0.25) is 0 Å². The molecule has 1 N–H and O–H groups in total. The fourth-order valence-electron chi connectivity index (χ4n) is 8.60. The van der Waals surface area contributed by atoms with Crippen molar-refractivity contribution < 1.29 is 127 Å². The summed E-state index contributed by atoms with van der Waals surface area (Å²) in [5, 5.41) is 29.4. The van der Waals surface area contributed by atoms with E-state index in [1.807, 2.05) is 76.2 Å². The SMILES string of the molecule is Cc1cc(N(c2nc3ccc(S(=O)(=O)[O-])cc3s2)c2c(C(C)C)cc(S(=O)(=O)[O-])cc2C(C)C)nc(Nc2c(C(C)C)cc(S(=O)(=O)[O-])cc2C(C)C)c1N=Nc1c(C#N)c(C(C)(C)C)nn1-c1nc2cc[c-]cc2s1.O=S(=O)=O.[Li+].[Li+].[Li+].[Li+]. The number of azo groups is 1. The summed E-state index contributed by atoms with van der Waals surface area (Å²) >= 11 is 2.34. The molecule has 0 aliphatic rings. The zero-order valence-electron chi connectivity index (χ0n) is 49.0. The molecule has 0 spiro atoms. The first-order chi connectivity index (χ1) is 37.1. The quantitative estimate of drug-likeness (QED) is 0.0591. The Kier molecular flexibility index (Phi) is 25.0. The second kappa shape index (κ2) is 28.5. The number of thiazole rings is 2. The number of hydrogen-bond acceptors (Lipinski definition) is 23. The molecular weight excluding hydrogens is 1180 g/mol. The number of aryl methyl sites for hydroxylation is 1. The molecular formula is C52H52Li4N10O12S6. The number of aromatic nitrogens is 5. The van der Waals surface area contributed by atoms with E-state index < -0.39 is 72.9 Å². The first-order valence-corrected chi connectivity index (χ1v) is 31.2. The number of nitrogens with one attached hydrogen (secondary N) is 1. The van der Waals surface area contributed by atoms with Gasteiger partial charge in [0.15, 0.2) is 21.9 Å². The molecule has 4 aromatic carbocycles. The van der Waals surface area contributed by atoms with Crippen molar-refractivity contribution in [1.29, 1.82) is 5.26 Å². The molecule has 32 heteroatoms. The molecule has 4 aromatic heterocycles. The standard InChI is InChI=1S/C52H55N10O9S5.4Li.O3S/c1-26(2)34-20-32(75(66,67)68)21-35(27(3)4)45(34)57-48-44(58-59-49-38(25-53)47(52(10,11)12)60-62(49)51-55-39-15-13-14-16-41(39)72-51)30(9)19-43(56-48)61(50-54-40-18-17-31(74(63,64)65)24-42(40)73-50)46-36(28(5)6)22-33(76(69,70)71)23-37(46)29(7)8;;;;;1-4(2)3/h13,15-24,26-29H,1-12H3,(H,56,57)(H,63,64,65)(H,66,67,68)(H,69,70,71);;;;;/q-1;4*+1;/p-3. The van der Waals surface area contributed by atoms with Gasteiger partial charge in [0.25, 0.3) is 0 Å². The Labute approximate surface area is 545 Å². The van der Waals surface area contributed by atoms with Crippen LogP contribution in [0.4, 0.5) is 39.6 Å². The Morgan fingerprint density at radius 2 is 1.19 bits per heavy atom. The molecule has 0 saturated heterocycles. The smallest absolute Gasteiger partial charge is 0.744 e. The topological polar surface area (TPSA) is 343 Å². The molecule has 0 unspecified atom stereocenters. The van der Waals surface area contributed by atoms with E-state index in [0.29, 0.717) is 65.8 Å². The Hall–Kier alpha value is -4.55. The Morgan fingerprint density at radius 1 is 0.690 bits per heavy atom. The number of nitriles is 1. The van der Waals surface area contributed by atoms with Gasteiger partial charge in [-0.3, -0.25) is 4.90 Å². The molecule has 422 valence electrons. The Balaban J connectivity index is 0.00000224. The molecule has 0 radical (unpaired) electrons. The van der Waals surface area contributed by atoms with Crippen LogP contribution in [0.3, 0.4) is 0 Å². The molecule has 0 aliphatic heterocycles. The maximum absolute atomic E-state index is 12.8. The van der Waals surface area contributed by atoms with Crippen LogP contribution in [0.25, 0.3) is 25.6 Å². The van der Waals surface area contributed by atoms with Crippen molar-refractivity contribution in [3.63, 3.8) is 0 Å². The first kappa shape index (κ1) is 73.7. The fourth-order valence-corrected chi connectivity index (χ4v) is 12.2. The maximum Gasteiger partial charge on any atom is 1.00 e. The third kappa shape index (κ3) is 16.3. The van der Waals surface area contributed by atoms with Crippen LogP contribution in [0.5, 0.6) is 0 Å². The van der Waals surface area contributed by atoms with Gasteiger partial charge in [0.1, 0.15) is 53.5 Å². The number of fused-ring (bicyclic) bond motifs is 2. The van der Waals surface area contributed by atoms with Crippen molar-refractivity contribution in [3.05, 3.63) is 112 Å². The molecule has 0 aliphatic carbocycles. The van der Waals surface area contributed by atoms with Crippen LogP contribution in [0.15, 0.2) is 91.6 Å². The Bertz CT molecular complexity index is 4240. The average Bonchev–Trinajstić information content (AvgIpc) is 4.16. The summed E-state index contributed by atoms with van der Waals surface area (Å²) in [4.78, 5) is 15.3. The number of pyridine rings is 1. The van der Waals surface area contributed by atoms with Gasteiger partial charge in [-0.1, -0.05) is 92.2 Å². The van der Waals surface area contributed by atoms with E-state index in [2.05, 4.69) is 17.5 Å². The summed E-state index contributed by atoms with van der Waals surface area (Å²) in [5.74, 6) is -1.35. The van der Waals surface area contributed by atoms with Crippen LogP contribution >= 0.6 is 22.7 Å². The van der Waals surface area contributed by atoms with E-state index in [1.165, 1.54) is 52.4 Å². The average molecular weight is 1230 g/mol. The summed E-state index contributed by atoms with van der Waals surface area (Å²) in [6.07, 6.45) is 0. The summed E-state index contributed by atoms with van der Waals surface area (Å²) < 4.78 is 141. The van der Waals surface area contributed by atoms with Crippen LogP contribution in [-0.4, -0.2) is 76.3 Å². The Morgan fingerprint density at radius 3 is 1.65 bits per heavy atom. The third-order valence-electron chi connectivity index (χ3n) is 12.4. The number of nitrogens with zero attached hydrogens (tertiary/aromatic N) is 9. The summed E-state index contributed by atoms with van der Waals surface area (Å²) in [7, 11) is -17.9. The van der Waals surface area contributed by atoms with E-state index >= 15 is 0 Å². The normalized spacial score (nSPS) is 11.9. The summed E-state index contributed by atoms with van der Waals surface area (Å²) in [6.45, 7) is 22.1. The van der Waals surface area contributed by atoms with Crippen molar-refractivity contribution in [2.24, 2.45) is 10.2 Å². The first-order valence-electron chi connectivity index (χ1n) is 24.3. The van der Waals surface area contributed by atoms with Crippen molar-refractivity contribution in [2.75, 3.05) is 10.2 Å². The molecule has 0 saturated carbocycles. The van der Waals surface area contributed by atoms with Gasteiger partial charge in [-0.15, -0.1) is 28.9 Å². The molecule has 4 heterocycles. The molecule has 8 aromatic rings. The van der Waals surface area contributed by atoms with E-state index in [-0.39, 0.29) is 121 Å². The van der Waals surface area contributed by atoms with E-state index in [4.69, 9.17) is 42.9 Å². The molecule has 0 fully saturated rings. The molecule has 84 heavy (non-hydrogen) atoms. The molecule has 22 nitrogen and oxygen atoms in total. The van der Waals surface area contributed by atoms with Crippen molar-refractivity contribution in [2.45, 2.75) is 127 Å².